The average molecular weight is 312 g/mol. The van der Waals surface area contributed by atoms with Crippen molar-refractivity contribution < 1.29 is 14.3 Å². The first kappa shape index (κ1) is 15.7. The number of aromatic nitrogens is 1. The Hall–Kier alpha value is -1.67. The molecule has 1 aromatic heterocycles. The number of hydrogen-bond acceptors (Lipinski definition) is 6. The third-order valence-corrected chi connectivity index (χ3v) is 3.88. The Morgan fingerprint density at radius 2 is 1.95 bits per heavy atom. The number of anilines is 1. The van der Waals surface area contributed by atoms with Crippen molar-refractivity contribution in [3.63, 3.8) is 0 Å². The van der Waals surface area contributed by atoms with Gasteiger partial charge in [0, 0.05) is 23.9 Å². The number of thiazole rings is 1. The molecule has 1 aliphatic heterocycles. The van der Waals surface area contributed by atoms with E-state index in [2.05, 4.69) is 20.7 Å². The highest BCUT2D eigenvalue weighted by Crippen LogP contribution is 2.21. The van der Waals surface area contributed by atoms with Crippen molar-refractivity contribution in [3.8, 4) is 0 Å². The summed E-state index contributed by atoms with van der Waals surface area (Å²) in [4.78, 5) is 30.0. The number of carbonyl (C=O) groups is 2. The Balaban J connectivity index is 1.91. The molecule has 0 bridgehead atoms. The monoisotopic (exact) mass is 312 g/mol. The molecule has 1 aliphatic rings. The van der Waals surface area contributed by atoms with Crippen LogP contribution in [0.5, 0.6) is 0 Å². The van der Waals surface area contributed by atoms with Crippen LogP contribution in [-0.4, -0.2) is 43.1 Å². The van der Waals surface area contributed by atoms with E-state index in [-0.39, 0.29) is 5.91 Å². The molecule has 0 aliphatic carbocycles. The van der Waals surface area contributed by atoms with E-state index in [1.165, 1.54) is 11.3 Å². The lowest BCUT2D eigenvalue weighted by atomic mass is 9.96. The number of hydrogen-bond donors (Lipinski definition) is 2. The summed E-state index contributed by atoms with van der Waals surface area (Å²) in [7, 11) is 0. The first-order chi connectivity index (χ1) is 9.88. The molecule has 0 atom stereocenters. The van der Waals surface area contributed by atoms with E-state index in [0.29, 0.717) is 18.9 Å². The van der Waals surface area contributed by atoms with Crippen LogP contribution in [-0.2, 0) is 9.53 Å². The Morgan fingerprint density at radius 3 is 2.57 bits per heavy atom. The lowest BCUT2D eigenvalue weighted by molar-refractivity contribution is -0.129. The Morgan fingerprint density at radius 1 is 1.29 bits per heavy atom. The van der Waals surface area contributed by atoms with Crippen molar-refractivity contribution in [1.29, 1.82) is 0 Å². The van der Waals surface area contributed by atoms with Crippen molar-refractivity contribution in [2.75, 3.05) is 31.2 Å². The minimum absolute atomic E-state index is 0.250. The van der Waals surface area contributed by atoms with E-state index >= 15 is 0 Å². The van der Waals surface area contributed by atoms with Gasteiger partial charge in [0.2, 0.25) is 5.91 Å². The summed E-state index contributed by atoms with van der Waals surface area (Å²) >= 11 is 1.41. The van der Waals surface area contributed by atoms with Gasteiger partial charge in [-0.15, -0.1) is 11.3 Å². The number of amides is 2. The molecule has 21 heavy (non-hydrogen) atoms. The van der Waals surface area contributed by atoms with E-state index in [0.717, 1.165) is 18.2 Å². The van der Waals surface area contributed by atoms with Crippen LogP contribution in [0.25, 0.3) is 0 Å². The van der Waals surface area contributed by atoms with Crippen molar-refractivity contribution in [2.24, 2.45) is 5.41 Å². The van der Waals surface area contributed by atoms with E-state index in [4.69, 9.17) is 4.74 Å². The van der Waals surface area contributed by atoms with Crippen molar-refractivity contribution >= 4 is 28.3 Å². The lowest BCUT2D eigenvalue weighted by Crippen LogP contribution is -2.46. The highest BCUT2D eigenvalue weighted by atomic mass is 32.1. The molecule has 2 amide bonds. The zero-order valence-electron chi connectivity index (χ0n) is 12.4. The molecular formula is C13H20N4O3S. The van der Waals surface area contributed by atoms with Crippen LogP contribution in [0.3, 0.4) is 0 Å². The third kappa shape index (κ3) is 4.15. The molecule has 0 radical (unpaired) electrons. The Labute approximate surface area is 127 Å². The molecule has 0 aromatic carbocycles. The quantitative estimate of drug-likeness (QED) is 0.789. The summed E-state index contributed by atoms with van der Waals surface area (Å²) in [6.07, 6.45) is 0. The minimum atomic E-state index is -0.561. The summed E-state index contributed by atoms with van der Waals surface area (Å²) in [5.74, 6) is -0.664. The predicted molar refractivity (Wildman–Crippen MR) is 80.2 cm³/mol. The van der Waals surface area contributed by atoms with E-state index in [9.17, 15) is 9.59 Å². The molecule has 2 rings (SSSR count). The Bertz CT molecular complexity index is 518. The summed E-state index contributed by atoms with van der Waals surface area (Å²) < 4.78 is 5.28. The number of morpholine rings is 1. The van der Waals surface area contributed by atoms with Gasteiger partial charge in [0.15, 0.2) is 5.13 Å². The third-order valence-electron chi connectivity index (χ3n) is 2.98. The fraction of sp³-hybridized carbons (Fsp3) is 0.615. The van der Waals surface area contributed by atoms with Gasteiger partial charge in [-0.2, -0.15) is 0 Å². The molecular weight excluding hydrogens is 292 g/mol. The van der Waals surface area contributed by atoms with Gasteiger partial charge in [0.05, 0.1) is 13.2 Å². The van der Waals surface area contributed by atoms with Gasteiger partial charge in [0.1, 0.15) is 5.69 Å². The van der Waals surface area contributed by atoms with Gasteiger partial charge < -0.3 is 9.64 Å². The summed E-state index contributed by atoms with van der Waals surface area (Å²) in [6, 6.07) is 0. The zero-order chi connectivity index (χ0) is 15.5. The van der Waals surface area contributed by atoms with Crippen molar-refractivity contribution in [3.05, 3.63) is 11.1 Å². The smallest absolute Gasteiger partial charge is 0.289 e. The van der Waals surface area contributed by atoms with Crippen LogP contribution >= 0.6 is 11.3 Å². The zero-order valence-corrected chi connectivity index (χ0v) is 13.2. The maximum atomic E-state index is 11.9. The van der Waals surface area contributed by atoms with E-state index in [1.807, 2.05) is 0 Å². The van der Waals surface area contributed by atoms with E-state index in [1.54, 1.807) is 26.2 Å². The first-order valence-corrected chi connectivity index (χ1v) is 7.65. The number of rotatable bonds is 2. The number of nitrogens with one attached hydrogen (secondary N) is 2. The molecule has 1 saturated heterocycles. The summed E-state index contributed by atoms with van der Waals surface area (Å²) in [5, 5.41) is 2.48. The maximum Gasteiger partial charge on any atom is 0.289 e. The maximum absolute atomic E-state index is 11.9. The van der Waals surface area contributed by atoms with Gasteiger partial charge >= 0.3 is 0 Å². The van der Waals surface area contributed by atoms with Gasteiger partial charge in [-0.3, -0.25) is 20.4 Å². The second-order valence-corrected chi connectivity index (χ2v) is 6.61. The highest BCUT2D eigenvalue weighted by Gasteiger charge is 2.22. The standard InChI is InChI=1S/C13H20N4O3S/c1-13(2,3)11(19)16-15-10(18)9-8-21-12(14-9)17-4-6-20-7-5-17/h8H,4-7H2,1-3H3,(H,15,18)(H,16,19). The van der Waals surface area contributed by atoms with Gasteiger partial charge in [-0.25, -0.2) is 4.98 Å². The molecule has 0 saturated carbocycles. The topological polar surface area (TPSA) is 83.6 Å². The molecule has 0 unspecified atom stereocenters. The summed E-state index contributed by atoms with van der Waals surface area (Å²) in [6.45, 7) is 8.20. The van der Waals surface area contributed by atoms with Crippen LogP contribution in [0.15, 0.2) is 5.38 Å². The van der Waals surface area contributed by atoms with Gasteiger partial charge in [0.25, 0.3) is 5.91 Å². The molecule has 8 heteroatoms. The van der Waals surface area contributed by atoms with Crippen LogP contribution in [0.4, 0.5) is 5.13 Å². The first-order valence-electron chi connectivity index (χ1n) is 6.77. The Kier molecular flexibility index (Phi) is 4.79. The van der Waals surface area contributed by atoms with Crippen LogP contribution < -0.4 is 15.8 Å². The van der Waals surface area contributed by atoms with Gasteiger partial charge in [-0.1, -0.05) is 20.8 Å². The molecule has 2 N–H and O–H groups in total. The molecule has 116 valence electrons. The van der Waals surface area contributed by atoms with Crippen LogP contribution in [0, 0.1) is 5.41 Å². The molecule has 7 nitrogen and oxygen atoms in total. The molecule has 1 aromatic rings. The van der Waals surface area contributed by atoms with Gasteiger partial charge in [-0.05, 0) is 0 Å². The van der Waals surface area contributed by atoms with E-state index < -0.39 is 11.3 Å². The van der Waals surface area contributed by atoms with Crippen LogP contribution in [0.2, 0.25) is 0 Å². The number of nitrogens with zero attached hydrogens (tertiary/aromatic N) is 2. The fourth-order valence-electron chi connectivity index (χ4n) is 1.63. The normalized spacial score (nSPS) is 15.7. The average Bonchev–Trinajstić information content (AvgIpc) is 2.94. The highest BCUT2D eigenvalue weighted by molar-refractivity contribution is 7.13. The predicted octanol–water partition coefficient (Wildman–Crippen LogP) is 0.787. The number of carbonyl (C=O) groups excluding carboxylic acids is 2. The molecule has 1 fully saturated rings. The fourth-order valence-corrected chi connectivity index (χ4v) is 2.49. The van der Waals surface area contributed by atoms with Crippen LogP contribution in [0.1, 0.15) is 31.3 Å². The summed E-state index contributed by atoms with van der Waals surface area (Å²) in [5.41, 5.74) is 4.53. The largest absolute Gasteiger partial charge is 0.378 e. The second-order valence-electron chi connectivity index (χ2n) is 5.77. The molecule has 2 heterocycles. The van der Waals surface area contributed by atoms with Crippen molar-refractivity contribution in [1.82, 2.24) is 15.8 Å². The number of hydrazine groups is 1. The second kappa shape index (κ2) is 6.40. The number of ether oxygens (including phenoxy) is 1. The molecule has 0 spiro atoms. The lowest BCUT2D eigenvalue weighted by Gasteiger charge is -2.25. The van der Waals surface area contributed by atoms with Crippen molar-refractivity contribution in [2.45, 2.75) is 20.8 Å². The minimum Gasteiger partial charge on any atom is -0.378 e. The SMILES string of the molecule is CC(C)(C)C(=O)NNC(=O)c1csc(N2CCOCC2)n1.